The first-order chi connectivity index (χ1) is 9.56. The number of aliphatic hydroxyl groups excluding tert-OH is 1. The molecule has 4 N–H and O–H groups in total. The molecule has 0 bridgehead atoms. The number of carbonyl (C=O) groups excluding carboxylic acids is 2. The van der Waals surface area contributed by atoms with Crippen LogP contribution in [0.1, 0.15) is 27.1 Å². The van der Waals surface area contributed by atoms with Crippen LogP contribution in [0.4, 0.5) is 0 Å². The zero-order valence-electron chi connectivity index (χ0n) is 11.1. The average molecular weight is 292 g/mol. The quantitative estimate of drug-likeness (QED) is 0.442. The van der Waals surface area contributed by atoms with Gasteiger partial charge in [-0.3, -0.25) is 9.59 Å². The molecule has 0 saturated carbocycles. The molecule has 0 aliphatic carbocycles. The SMILES string of the molecule is [B]c1cc(C(=O)NCCSCCCO)ccc1C(N)=O. The molecule has 0 heterocycles. The Bertz CT molecular complexity index is 483. The Labute approximate surface area is 123 Å². The van der Waals surface area contributed by atoms with Crippen LogP contribution in [0.5, 0.6) is 0 Å². The van der Waals surface area contributed by atoms with E-state index in [4.69, 9.17) is 18.7 Å². The maximum atomic E-state index is 11.8. The highest BCUT2D eigenvalue weighted by atomic mass is 32.2. The fourth-order valence-corrected chi connectivity index (χ4v) is 2.32. The molecule has 0 spiro atoms. The first-order valence-electron chi connectivity index (χ1n) is 6.22. The van der Waals surface area contributed by atoms with E-state index in [1.54, 1.807) is 11.8 Å². The highest BCUT2D eigenvalue weighted by molar-refractivity contribution is 7.99. The molecule has 0 atom stereocenters. The standard InChI is InChI=1S/C13H17BN2O3S/c14-11-8-9(2-3-10(11)12(15)18)13(19)16-4-7-20-6-1-5-17/h2-3,8,17H,1,4-7H2,(H2,15,18)(H,16,19). The normalized spacial score (nSPS) is 10.2. The van der Waals surface area contributed by atoms with Crippen molar-refractivity contribution in [1.29, 1.82) is 0 Å². The summed E-state index contributed by atoms with van der Waals surface area (Å²) in [6.45, 7) is 0.719. The second kappa shape index (κ2) is 8.66. The molecule has 2 amide bonds. The summed E-state index contributed by atoms with van der Waals surface area (Å²) in [5.74, 6) is 0.790. The van der Waals surface area contributed by atoms with Gasteiger partial charge in [-0.15, -0.1) is 0 Å². The van der Waals surface area contributed by atoms with Crippen LogP contribution in [0.15, 0.2) is 18.2 Å². The van der Waals surface area contributed by atoms with Crippen molar-refractivity contribution in [2.45, 2.75) is 6.42 Å². The van der Waals surface area contributed by atoms with E-state index in [9.17, 15) is 9.59 Å². The van der Waals surface area contributed by atoms with Crippen LogP contribution in [0, 0.1) is 0 Å². The van der Waals surface area contributed by atoms with Crippen molar-refractivity contribution in [3.63, 3.8) is 0 Å². The van der Waals surface area contributed by atoms with E-state index < -0.39 is 5.91 Å². The maximum Gasteiger partial charge on any atom is 0.251 e. The lowest BCUT2D eigenvalue weighted by atomic mass is 9.88. The van der Waals surface area contributed by atoms with Gasteiger partial charge in [-0.1, -0.05) is 11.5 Å². The number of hydrogen-bond acceptors (Lipinski definition) is 4. The van der Waals surface area contributed by atoms with Gasteiger partial charge < -0.3 is 16.2 Å². The Morgan fingerprint density at radius 2 is 2.10 bits per heavy atom. The van der Waals surface area contributed by atoms with E-state index in [0.29, 0.717) is 12.1 Å². The number of hydrogen-bond donors (Lipinski definition) is 3. The summed E-state index contributed by atoms with van der Waals surface area (Å²) in [6, 6.07) is 4.40. The number of amides is 2. The van der Waals surface area contributed by atoms with Crippen LogP contribution in [0.2, 0.25) is 0 Å². The number of rotatable bonds is 8. The van der Waals surface area contributed by atoms with Crippen LogP contribution in [0.3, 0.4) is 0 Å². The monoisotopic (exact) mass is 292 g/mol. The molecule has 1 aromatic rings. The molecule has 2 radical (unpaired) electrons. The summed E-state index contributed by atoms with van der Waals surface area (Å²) in [4.78, 5) is 22.9. The molecule has 1 rings (SSSR count). The third-order valence-electron chi connectivity index (χ3n) is 2.56. The minimum atomic E-state index is -0.616. The summed E-state index contributed by atoms with van der Waals surface area (Å²) < 4.78 is 0. The molecule has 7 heteroatoms. The first kappa shape index (κ1) is 16.6. The van der Waals surface area contributed by atoms with Crippen molar-refractivity contribution in [3.8, 4) is 0 Å². The number of nitrogens with two attached hydrogens (primary N) is 1. The van der Waals surface area contributed by atoms with Crippen LogP contribution in [-0.4, -0.2) is 49.4 Å². The Morgan fingerprint density at radius 3 is 2.70 bits per heavy atom. The molecule has 20 heavy (non-hydrogen) atoms. The molecule has 1 aromatic carbocycles. The van der Waals surface area contributed by atoms with E-state index in [1.165, 1.54) is 18.2 Å². The summed E-state index contributed by atoms with van der Waals surface area (Å²) in [5, 5.41) is 11.4. The number of primary amides is 1. The van der Waals surface area contributed by atoms with E-state index in [-0.39, 0.29) is 23.5 Å². The van der Waals surface area contributed by atoms with Crippen LogP contribution in [-0.2, 0) is 0 Å². The van der Waals surface area contributed by atoms with E-state index in [1.807, 2.05) is 0 Å². The molecule has 0 unspecified atom stereocenters. The molecule has 0 fully saturated rings. The van der Waals surface area contributed by atoms with E-state index in [2.05, 4.69) is 5.32 Å². The van der Waals surface area contributed by atoms with Gasteiger partial charge in [0, 0.05) is 30.0 Å². The topological polar surface area (TPSA) is 92.4 Å². The van der Waals surface area contributed by atoms with Crippen molar-refractivity contribution in [1.82, 2.24) is 5.32 Å². The number of benzene rings is 1. The minimum absolute atomic E-state index is 0.185. The highest BCUT2D eigenvalue weighted by Crippen LogP contribution is 2.03. The minimum Gasteiger partial charge on any atom is -0.396 e. The Morgan fingerprint density at radius 1 is 1.35 bits per heavy atom. The largest absolute Gasteiger partial charge is 0.396 e. The third-order valence-corrected chi connectivity index (χ3v) is 3.63. The zero-order chi connectivity index (χ0) is 15.0. The van der Waals surface area contributed by atoms with Gasteiger partial charge in [0.15, 0.2) is 0 Å². The van der Waals surface area contributed by atoms with Gasteiger partial charge in [0.25, 0.3) is 5.91 Å². The van der Waals surface area contributed by atoms with Crippen molar-refractivity contribution < 1.29 is 14.7 Å². The fraction of sp³-hybridized carbons (Fsp3) is 0.385. The van der Waals surface area contributed by atoms with Gasteiger partial charge in [0.2, 0.25) is 5.91 Å². The van der Waals surface area contributed by atoms with Gasteiger partial charge in [-0.25, -0.2) is 0 Å². The molecule has 5 nitrogen and oxygen atoms in total. The maximum absolute atomic E-state index is 11.8. The smallest absolute Gasteiger partial charge is 0.251 e. The van der Waals surface area contributed by atoms with Gasteiger partial charge in [-0.2, -0.15) is 11.8 Å². The van der Waals surface area contributed by atoms with Gasteiger partial charge in [-0.05, 0) is 24.3 Å². The summed E-state index contributed by atoms with van der Waals surface area (Å²) in [6.07, 6.45) is 0.754. The van der Waals surface area contributed by atoms with Crippen molar-refractivity contribution in [2.75, 3.05) is 24.7 Å². The molecular formula is C13H17BN2O3S. The third kappa shape index (κ3) is 5.26. The molecule has 0 aliphatic rings. The lowest BCUT2D eigenvalue weighted by Crippen LogP contribution is -2.28. The van der Waals surface area contributed by atoms with Crippen LogP contribution < -0.4 is 16.5 Å². The lowest BCUT2D eigenvalue weighted by Gasteiger charge is -2.07. The molecular weight excluding hydrogens is 275 g/mol. The van der Waals surface area contributed by atoms with Crippen LogP contribution in [0.25, 0.3) is 0 Å². The zero-order valence-corrected chi connectivity index (χ0v) is 11.9. The Balaban J connectivity index is 2.44. The Hall–Kier alpha value is -1.47. The fourth-order valence-electron chi connectivity index (χ4n) is 1.54. The lowest BCUT2D eigenvalue weighted by molar-refractivity contribution is 0.0953. The summed E-state index contributed by atoms with van der Waals surface area (Å²) in [7, 11) is 5.66. The molecule has 106 valence electrons. The van der Waals surface area contributed by atoms with Crippen molar-refractivity contribution in [3.05, 3.63) is 29.3 Å². The predicted octanol–water partition coefficient (Wildman–Crippen LogP) is -0.575. The van der Waals surface area contributed by atoms with Crippen molar-refractivity contribution in [2.24, 2.45) is 5.73 Å². The van der Waals surface area contributed by atoms with Gasteiger partial charge in [0.1, 0.15) is 7.85 Å². The summed E-state index contributed by atoms with van der Waals surface area (Å²) >= 11 is 1.66. The number of aliphatic hydroxyl groups is 1. The highest BCUT2D eigenvalue weighted by Gasteiger charge is 2.09. The molecule has 0 aromatic heterocycles. The van der Waals surface area contributed by atoms with E-state index in [0.717, 1.165) is 17.9 Å². The number of nitrogens with one attached hydrogen (secondary N) is 1. The van der Waals surface area contributed by atoms with Gasteiger partial charge in [0.05, 0.1) is 0 Å². The summed E-state index contributed by atoms with van der Waals surface area (Å²) in [5.41, 5.74) is 5.94. The average Bonchev–Trinajstić information content (AvgIpc) is 2.41. The first-order valence-corrected chi connectivity index (χ1v) is 7.38. The second-order valence-corrected chi connectivity index (χ2v) is 5.34. The number of carbonyl (C=O) groups is 2. The predicted molar refractivity (Wildman–Crippen MR) is 81.7 cm³/mol. The van der Waals surface area contributed by atoms with E-state index >= 15 is 0 Å². The second-order valence-electron chi connectivity index (χ2n) is 4.11. The van der Waals surface area contributed by atoms with Crippen molar-refractivity contribution >= 4 is 36.9 Å². The van der Waals surface area contributed by atoms with Gasteiger partial charge >= 0.3 is 0 Å². The molecule has 0 aliphatic heterocycles. The molecule has 0 saturated heterocycles. The van der Waals surface area contributed by atoms with Crippen LogP contribution >= 0.6 is 11.8 Å². The number of thioether (sulfide) groups is 1. The Kier molecular flexibility index (Phi) is 7.18.